The lowest BCUT2D eigenvalue weighted by molar-refractivity contribution is -0.154. The van der Waals surface area contributed by atoms with Gasteiger partial charge in [-0.15, -0.1) is 0 Å². The Labute approximate surface area is 98.9 Å². The molecule has 0 unspecified atom stereocenters. The molecule has 0 aliphatic heterocycles. The van der Waals surface area contributed by atoms with Gasteiger partial charge in [0.05, 0.1) is 11.8 Å². The average molecular weight is 244 g/mol. The van der Waals surface area contributed by atoms with Crippen molar-refractivity contribution in [3.8, 4) is 0 Å². The molecule has 1 aliphatic rings. The minimum atomic E-state index is -0.795. The van der Waals surface area contributed by atoms with Crippen molar-refractivity contribution in [3.05, 3.63) is 0 Å². The molecular formula is C11H16O6. The van der Waals surface area contributed by atoms with E-state index < -0.39 is 5.97 Å². The topological polar surface area (TPSA) is 89.9 Å². The first-order chi connectivity index (χ1) is 8.15. The molecule has 1 rings (SSSR count). The Morgan fingerprint density at radius 3 is 2.24 bits per heavy atom. The van der Waals surface area contributed by atoms with Crippen molar-refractivity contribution in [2.45, 2.75) is 25.7 Å². The van der Waals surface area contributed by atoms with Crippen LogP contribution in [0.15, 0.2) is 0 Å². The molecule has 0 saturated heterocycles. The first-order valence-electron chi connectivity index (χ1n) is 5.60. The summed E-state index contributed by atoms with van der Waals surface area (Å²) in [6.45, 7) is 0.405. The minimum Gasteiger partial charge on any atom is -0.481 e. The maximum Gasteiger partial charge on any atom is 0.309 e. The van der Waals surface area contributed by atoms with E-state index in [1.165, 1.54) is 0 Å². The molecule has 1 N–H and O–H groups in total. The van der Waals surface area contributed by atoms with E-state index in [1.807, 2.05) is 0 Å². The molecule has 96 valence electrons. The molecule has 0 spiro atoms. The van der Waals surface area contributed by atoms with E-state index in [9.17, 15) is 14.4 Å². The lowest BCUT2D eigenvalue weighted by Crippen LogP contribution is -2.27. The monoisotopic (exact) mass is 244 g/mol. The molecular weight excluding hydrogens is 228 g/mol. The van der Waals surface area contributed by atoms with Crippen LogP contribution >= 0.6 is 0 Å². The van der Waals surface area contributed by atoms with Gasteiger partial charge in [-0.25, -0.2) is 0 Å². The van der Waals surface area contributed by atoms with Crippen LogP contribution < -0.4 is 0 Å². The fourth-order valence-electron chi connectivity index (χ4n) is 1.93. The van der Waals surface area contributed by atoms with Crippen LogP contribution in [0.5, 0.6) is 0 Å². The van der Waals surface area contributed by atoms with E-state index in [1.54, 1.807) is 0 Å². The van der Waals surface area contributed by atoms with E-state index in [-0.39, 0.29) is 31.0 Å². The molecule has 17 heavy (non-hydrogen) atoms. The predicted octanol–water partition coefficient (Wildman–Crippen LogP) is 0.594. The zero-order valence-electron chi connectivity index (χ0n) is 9.46. The Bertz CT molecular complexity index is 280. The van der Waals surface area contributed by atoms with Crippen molar-refractivity contribution in [1.29, 1.82) is 0 Å². The van der Waals surface area contributed by atoms with Crippen molar-refractivity contribution in [2.75, 3.05) is 13.2 Å². The smallest absolute Gasteiger partial charge is 0.309 e. The summed E-state index contributed by atoms with van der Waals surface area (Å²) in [7, 11) is 0. The summed E-state index contributed by atoms with van der Waals surface area (Å²) < 4.78 is 9.29. The van der Waals surface area contributed by atoms with Gasteiger partial charge in [-0.3, -0.25) is 14.4 Å². The standard InChI is InChI=1S/C11H16O6/c12-7-16-5-6-17-11(15)9-3-1-8(2-4-9)10(13)14/h7-9H,1-6H2,(H,13,14). The van der Waals surface area contributed by atoms with Crippen LogP contribution in [0, 0.1) is 11.8 Å². The van der Waals surface area contributed by atoms with Crippen molar-refractivity contribution >= 4 is 18.4 Å². The molecule has 0 aromatic carbocycles. The number of rotatable bonds is 6. The fourth-order valence-corrected chi connectivity index (χ4v) is 1.93. The highest BCUT2D eigenvalue weighted by molar-refractivity contribution is 5.74. The number of carboxylic acid groups (broad SMARTS) is 1. The third-order valence-corrected chi connectivity index (χ3v) is 2.92. The zero-order chi connectivity index (χ0) is 12.7. The van der Waals surface area contributed by atoms with Crippen LogP contribution in [-0.2, 0) is 23.9 Å². The number of carbonyl (C=O) groups excluding carboxylic acids is 2. The van der Waals surface area contributed by atoms with E-state index in [0.29, 0.717) is 32.2 Å². The molecule has 1 aliphatic carbocycles. The Kier molecular flexibility index (Phi) is 5.45. The third-order valence-electron chi connectivity index (χ3n) is 2.92. The number of carboxylic acids is 1. The van der Waals surface area contributed by atoms with Gasteiger partial charge in [0.1, 0.15) is 13.2 Å². The highest BCUT2D eigenvalue weighted by Crippen LogP contribution is 2.29. The van der Waals surface area contributed by atoms with Crippen LogP contribution in [-0.4, -0.2) is 36.7 Å². The molecule has 6 heteroatoms. The van der Waals surface area contributed by atoms with E-state index in [0.717, 1.165) is 0 Å². The first kappa shape index (κ1) is 13.5. The van der Waals surface area contributed by atoms with Gasteiger partial charge in [0, 0.05) is 0 Å². The Hall–Kier alpha value is -1.59. The lowest BCUT2D eigenvalue weighted by Gasteiger charge is -2.24. The Balaban J connectivity index is 2.21. The number of esters is 1. The molecule has 6 nitrogen and oxygen atoms in total. The van der Waals surface area contributed by atoms with E-state index >= 15 is 0 Å². The second-order valence-electron chi connectivity index (χ2n) is 4.02. The number of aliphatic carboxylic acids is 1. The van der Waals surface area contributed by atoms with Crippen LogP contribution in [0.2, 0.25) is 0 Å². The summed E-state index contributed by atoms with van der Waals surface area (Å²) in [5.74, 6) is -1.68. The highest BCUT2D eigenvalue weighted by atomic mass is 16.6. The molecule has 0 bridgehead atoms. The fraction of sp³-hybridized carbons (Fsp3) is 0.727. The van der Waals surface area contributed by atoms with Crippen LogP contribution in [0.4, 0.5) is 0 Å². The molecule has 0 atom stereocenters. The first-order valence-corrected chi connectivity index (χ1v) is 5.60. The Morgan fingerprint density at radius 2 is 1.71 bits per heavy atom. The summed E-state index contributed by atoms with van der Waals surface area (Å²) in [4.78, 5) is 32.1. The molecule has 0 radical (unpaired) electrons. The van der Waals surface area contributed by atoms with Gasteiger partial charge in [0.15, 0.2) is 0 Å². The maximum atomic E-state index is 11.5. The molecule has 0 aromatic heterocycles. The second-order valence-corrected chi connectivity index (χ2v) is 4.02. The van der Waals surface area contributed by atoms with Gasteiger partial charge in [0.25, 0.3) is 6.47 Å². The molecule has 0 amide bonds. The summed E-state index contributed by atoms with van der Waals surface area (Å²) in [6, 6.07) is 0. The Morgan fingerprint density at radius 1 is 1.12 bits per heavy atom. The highest BCUT2D eigenvalue weighted by Gasteiger charge is 2.30. The van der Waals surface area contributed by atoms with Crippen molar-refractivity contribution < 1.29 is 29.0 Å². The van der Waals surface area contributed by atoms with Crippen molar-refractivity contribution in [3.63, 3.8) is 0 Å². The normalized spacial score (nSPS) is 23.8. The molecule has 0 aromatic rings. The molecule has 0 heterocycles. The van der Waals surface area contributed by atoms with Gasteiger partial charge in [-0.05, 0) is 25.7 Å². The number of hydrogen-bond donors (Lipinski definition) is 1. The minimum absolute atomic E-state index is 0.0520. The molecule has 1 saturated carbocycles. The average Bonchev–Trinajstić information content (AvgIpc) is 2.34. The van der Waals surface area contributed by atoms with Gasteiger partial charge in [0.2, 0.25) is 0 Å². The summed E-state index contributed by atoms with van der Waals surface area (Å²) in [5, 5.41) is 8.80. The largest absolute Gasteiger partial charge is 0.481 e. The summed E-state index contributed by atoms with van der Waals surface area (Å²) >= 11 is 0. The quantitative estimate of drug-likeness (QED) is 0.418. The van der Waals surface area contributed by atoms with Gasteiger partial charge in [-0.1, -0.05) is 0 Å². The van der Waals surface area contributed by atoms with Gasteiger partial charge < -0.3 is 14.6 Å². The van der Waals surface area contributed by atoms with Crippen LogP contribution in [0.25, 0.3) is 0 Å². The predicted molar refractivity (Wildman–Crippen MR) is 56.1 cm³/mol. The van der Waals surface area contributed by atoms with Gasteiger partial charge >= 0.3 is 11.9 Å². The van der Waals surface area contributed by atoms with Crippen LogP contribution in [0.1, 0.15) is 25.7 Å². The number of carbonyl (C=O) groups is 3. The maximum absolute atomic E-state index is 11.5. The summed E-state index contributed by atoms with van der Waals surface area (Å²) in [5.41, 5.74) is 0. The van der Waals surface area contributed by atoms with E-state index in [2.05, 4.69) is 4.74 Å². The van der Waals surface area contributed by atoms with Gasteiger partial charge in [-0.2, -0.15) is 0 Å². The number of hydrogen-bond acceptors (Lipinski definition) is 5. The zero-order valence-corrected chi connectivity index (χ0v) is 9.46. The van der Waals surface area contributed by atoms with Crippen molar-refractivity contribution in [1.82, 2.24) is 0 Å². The lowest BCUT2D eigenvalue weighted by atomic mass is 9.82. The number of ether oxygens (including phenoxy) is 2. The van der Waals surface area contributed by atoms with E-state index in [4.69, 9.17) is 9.84 Å². The second kappa shape index (κ2) is 6.88. The van der Waals surface area contributed by atoms with Crippen molar-refractivity contribution in [2.24, 2.45) is 11.8 Å². The molecule has 1 fully saturated rings. The SMILES string of the molecule is O=COCCOC(=O)C1CCC(C(=O)O)CC1. The third kappa shape index (κ3) is 4.42. The van der Waals surface area contributed by atoms with Crippen LogP contribution in [0.3, 0.4) is 0 Å². The summed E-state index contributed by atoms with van der Waals surface area (Å²) in [6.07, 6.45) is 2.12.